The van der Waals surface area contributed by atoms with Gasteiger partial charge in [-0.1, -0.05) is 0 Å². The van der Waals surface area contributed by atoms with Gasteiger partial charge in [0.05, 0.1) is 0 Å². The van der Waals surface area contributed by atoms with Crippen LogP contribution in [0, 0.1) is 6.92 Å². The number of guanidine groups is 1. The summed E-state index contributed by atoms with van der Waals surface area (Å²) in [5.41, 5.74) is 11.3. The van der Waals surface area contributed by atoms with E-state index in [0.717, 1.165) is 5.69 Å². The lowest BCUT2D eigenvalue weighted by Gasteiger charge is -1.88. The van der Waals surface area contributed by atoms with Crippen molar-refractivity contribution in [2.24, 2.45) is 23.5 Å². The second kappa shape index (κ2) is 2.61. The standard InChI is InChI=1S/C6H11N5/c1-4-3-5(9-6(7)8)10-11(4)2/h3H,1-2H3,(H4,7,8,9,10). The lowest BCUT2D eigenvalue weighted by Crippen LogP contribution is -2.21. The number of hydrogen-bond acceptors (Lipinski definition) is 2. The first-order valence-electron chi connectivity index (χ1n) is 3.20. The summed E-state index contributed by atoms with van der Waals surface area (Å²) >= 11 is 0. The Morgan fingerprint density at radius 3 is 2.64 bits per heavy atom. The molecule has 0 aromatic carbocycles. The molecule has 0 saturated heterocycles. The van der Waals surface area contributed by atoms with E-state index in [2.05, 4.69) is 10.1 Å². The first kappa shape index (κ1) is 7.59. The van der Waals surface area contributed by atoms with Gasteiger partial charge in [-0.25, -0.2) is 0 Å². The van der Waals surface area contributed by atoms with Crippen LogP contribution in [0.3, 0.4) is 0 Å². The molecule has 0 bridgehead atoms. The van der Waals surface area contributed by atoms with Crippen molar-refractivity contribution in [3.05, 3.63) is 11.8 Å². The largest absolute Gasteiger partial charge is 0.370 e. The molecule has 0 unspecified atom stereocenters. The van der Waals surface area contributed by atoms with E-state index in [-0.39, 0.29) is 5.96 Å². The van der Waals surface area contributed by atoms with Crippen LogP contribution in [0.1, 0.15) is 5.69 Å². The van der Waals surface area contributed by atoms with Gasteiger partial charge in [0, 0.05) is 18.8 Å². The lowest BCUT2D eigenvalue weighted by molar-refractivity contribution is 0.741. The van der Waals surface area contributed by atoms with Crippen LogP contribution in [0.25, 0.3) is 0 Å². The molecule has 0 aliphatic heterocycles. The molecule has 0 amide bonds. The Morgan fingerprint density at radius 1 is 1.64 bits per heavy atom. The van der Waals surface area contributed by atoms with Crippen molar-refractivity contribution < 1.29 is 0 Å². The van der Waals surface area contributed by atoms with Crippen LogP contribution in [0.15, 0.2) is 11.1 Å². The van der Waals surface area contributed by atoms with Gasteiger partial charge in [-0.05, 0) is 6.92 Å². The van der Waals surface area contributed by atoms with E-state index in [1.165, 1.54) is 0 Å². The Bertz CT molecular complexity index is 262. The minimum Gasteiger partial charge on any atom is -0.370 e. The fraction of sp³-hybridized carbons (Fsp3) is 0.333. The van der Waals surface area contributed by atoms with Crippen molar-refractivity contribution in [1.82, 2.24) is 9.78 Å². The second-order valence-electron chi connectivity index (χ2n) is 2.30. The highest BCUT2D eigenvalue weighted by Crippen LogP contribution is 2.09. The van der Waals surface area contributed by atoms with E-state index in [1.807, 2.05) is 14.0 Å². The van der Waals surface area contributed by atoms with Crippen LogP contribution in [-0.2, 0) is 7.05 Å². The maximum atomic E-state index is 5.16. The number of aliphatic imine (C=N–C) groups is 1. The van der Waals surface area contributed by atoms with E-state index < -0.39 is 0 Å². The summed E-state index contributed by atoms with van der Waals surface area (Å²) in [5.74, 6) is 0.577. The summed E-state index contributed by atoms with van der Waals surface area (Å²) in [7, 11) is 1.83. The molecule has 1 aromatic heterocycles. The minimum absolute atomic E-state index is 0.0306. The third kappa shape index (κ3) is 1.70. The van der Waals surface area contributed by atoms with Gasteiger partial charge in [0.2, 0.25) is 0 Å². The molecule has 4 N–H and O–H groups in total. The molecule has 60 valence electrons. The first-order valence-corrected chi connectivity index (χ1v) is 3.20. The van der Waals surface area contributed by atoms with Gasteiger partial charge < -0.3 is 11.5 Å². The summed E-state index contributed by atoms with van der Waals surface area (Å²) in [5, 5.41) is 4.02. The zero-order valence-corrected chi connectivity index (χ0v) is 6.57. The molecular formula is C6H11N5. The average Bonchev–Trinajstić information content (AvgIpc) is 2.10. The third-order valence-corrected chi connectivity index (χ3v) is 1.34. The van der Waals surface area contributed by atoms with Crippen molar-refractivity contribution >= 4 is 11.8 Å². The summed E-state index contributed by atoms with van der Waals surface area (Å²) in [6.45, 7) is 1.93. The number of rotatable bonds is 1. The Balaban J connectivity index is 2.98. The average molecular weight is 153 g/mol. The molecule has 1 rings (SSSR count). The van der Waals surface area contributed by atoms with Crippen molar-refractivity contribution in [3.63, 3.8) is 0 Å². The number of nitrogens with two attached hydrogens (primary N) is 2. The third-order valence-electron chi connectivity index (χ3n) is 1.34. The van der Waals surface area contributed by atoms with Crippen LogP contribution in [0.2, 0.25) is 0 Å². The van der Waals surface area contributed by atoms with E-state index in [4.69, 9.17) is 11.5 Å². The van der Waals surface area contributed by atoms with Gasteiger partial charge >= 0.3 is 0 Å². The fourth-order valence-corrected chi connectivity index (χ4v) is 0.729. The van der Waals surface area contributed by atoms with Crippen LogP contribution >= 0.6 is 0 Å². The molecule has 1 heterocycles. The van der Waals surface area contributed by atoms with Gasteiger partial charge in [-0.2, -0.15) is 10.1 Å². The molecule has 0 aliphatic carbocycles. The molecule has 0 saturated carbocycles. The van der Waals surface area contributed by atoms with Crippen LogP contribution < -0.4 is 11.5 Å². The first-order chi connectivity index (χ1) is 5.09. The summed E-state index contributed by atoms with van der Waals surface area (Å²) in [6.07, 6.45) is 0. The van der Waals surface area contributed by atoms with E-state index >= 15 is 0 Å². The monoisotopic (exact) mass is 153 g/mol. The van der Waals surface area contributed by atoms with Crippen molar-refractivity contribution in [3.8, 4) is 0 Å². The predicted molar refractivity (Wildman–Crippen MR) is 43.4 cm³/mol. The SMILES string of the molecule is Cc1cc(N=C(N)N)nn1C. The minimum atomic E-state index is 0.0306. The fourth-order valence-electron chi connectivity index (χ4n) is 0.729. The number of hydrogen-bond donors (Lipinski definition) is 2. The normalized spacial score (nSPS) is 9.64. The van der Waals surface area contributed by atoms with E-state index in [1.54, 1.807) is 10.7 Å². The maximum absolute atomic E-state index is 5.16. The van der Waals surface area contributed by atoms with Crippen molar-refractivity contribution in [2.75, 3.05) is 0 Å². The van der Waals surface area contributed by atoms with Gasteiger partial charge in [-0.15, -0.1) is 0 Å². The van der Waals surface area contributed by atoms with Gasteiger partial charge in [0.15, 0.2) is 11.8 Å². The Morgan fingerprint density at radius 2 is 2.27 bits per heavy atom. The molecule has 0 radical (unpaired) electrons. The number of nitrogens with zero attached hydrogens (tertiary/aromatic N) is 3. The predicted octanol–water partition coefficient (Wildman–Crippen LogP) is -0.367. The molecule has 11 heavy (non-hydrogen) atoms. The maximum Gasteiger partial charge on any atom is 0.192 e. The molecule has 0 atom stereocenters. The summed E-state index contributed by atoms with van der Waals surface area (Å²) in [4.78, 5) is 3.78. The van der Waals surface area contributed by atoms with Gasteiger partial charge in [0.25, 0.3) is 0 Å². The van der Waals surface area contributed by atoms with Crippen LogP contribution in [-0.4, -0.2) is 15.7 Å². The van der Waals surface area contributed by atoms with Gasteiger partial charge in [0.1, 0.15) is 0 Å². The summed E-state index contributed by atoms with van der Waals surface area (Å²) < 4.78 is 1.71. The Labute approximate surface area is 64.7 Å². The zero-order chi connectivity index (χ0) is 8.43. The van der Waals surface area contributed by atoms with Gasteiger partial charge in [-0.3, -0.25) is 4.68 Å². The van der Waals surface area contributed by atoms with E-state index in [9.17, 15) is 0 Å². The van der Waals surface area contributed by atoms with Crippen molar-refractivity contribution in [1.29, 1.82) is 0 Å². The molecule has 5 nitrogen and oxygen atoms in total. The van der Waals surface area contributed by atoms with Crippen LogP contribution in [0.4, 0.5) is 5.82 Å². The zero-order valence-electron chi connectivity index (χ0n) is 6.57. The lowest BCUT2D eigenvalue weighted by atomic mass is 10.5. The topological polar surface area (TPSA) is 82.2 Å². The molecule has 5 heteroatoms. The highest BCUT2D eigenvalue weighted by molar-refractivity contribution is 5.78. The Kier molecular flexibility index (Phi) is 1.80. The highest BCUT2D eigenvalue weighted by atomic mass is 15.3. The quantitative estimate of drug-likeness (QED) is 0.426. The van der Waals surface area contributed by atoms with Crippen LogP contribution in [0.5, 0.6) is 0 Å². The highest BCUT2D eigenvalue weighted by Gasteiger charge is 1.97. The number of aryl methyl sites for hydroxylation is 2. The molecule has 0 aliphatic rings. The molecular weight excluding hydrogens is 142 g/mol. The molecule has 0 fully saturated rings. The van der Waals surface area contributed by atoms with Crippen molar-refractivity contribution in [2.45, 2.75) is 6.92 Å². The molecule has 0 spiro atoms. The second-order valence-corrected chi connectivity index (χ2v) is 2.30. The summed E-state index contributed by atoms with van der Waals surface area (Å²) in [6, 6.07) is 1.81. The molecule has 1 aromatic rings. The van der Waals surface area contributed by atoms with E-state index in [0.29, 0.717) is 5.82 Å². The smallest absolute Gasteiger partial charge is 0.192 e. The number of aromatic nitrogens is 2. The Hall–Kier alpha value is -1.52.